The molecule has 0 radical (unpaired) electrons. The lowest BCUT2D eigenvalue weighted by molar-refractivity contribution is -2.00. The minimum atomic E-state index is -4.94. The van der Waals surface area contributed by atoms with E-state index in [1.807, 2.05) is 6.07 Å². The second kappa shape index (κ2) is 6.48. The van der Waals surface area contributed by atoms with Gasteiger partial charge in [-0.15, -0.1) is 10.2 Å². The van der Waals surface area contributed by atoms with Gasteiger partial charge in [0, 0.05) is 17.0 Å². The molecule has 0 saturated carbocycles. The first kappa shape index (κ1) is 16.8. The summed E-state index contributed by atoms with van der Waals surface area (Å²) in [5, 5.41) is 5.98. The van der Waals surface area contributed by atoms with Crippen molar-refractivity contribution in [2.45, 2.75) is 0 Å². The lowest BCUT2D eigenvalue weighted by Gasteiger charge is -2.17. The number of ether oxygens (including phenoxy) is 1. The zero-order valence-corrected chi connectivity index (χ0v) is 14.0. The molecular weight excluding hydrogens is 354 g/mol. The van der Waals surface area contributed by atoms with Crippen LogP contribution in [0.2, 0.25) is 0 Å². The number of aromatic amines is 1. The van der Waals surface area contributed by atoms with Gasteiger partial charge in [0.1, 0.15) is 5.75 Å². The SMILES string of the molecule is COc1ccc2[nH]c3c4ccccc4[s+]cc3c2c1.[O-][Cl+3]([O-])([O-])[O-]. The molecule has 1 N–H and O–H groups in total. The van der Waals surface area contributed by atoms with Crippen LogP contribution in [0.1, 0.15) is 0 Å². The van der Waals surface area contributed by atoms with Crippen molar-refractivity contribution >= 4 is 43.2 Å². The molecule has 0 atom stereocenters. The van der Waals surface area contributed by atoms with Crippen molar-refractivity contribution in [3.05, 3.63) is 47.8 Å². The predicted octanol–water partition coefficient (Wildman–Crippen LogP) is 0.0695. The highest BCUT2D eigenvalue weighted by molar-refractivity contribution is 7.17. The number of hydrogen-bond acceptors (Lipinski definition) is 5. The fourth-order valence-electron chi connectivity index (χ4n) is 2.55. The lowest BCUT2D eigenvalue weighted by Crippen LogP contribution is -2.68. The highest BCUT2D eigenvalue weighted by atomic mass is 35.7. The zero-order chi connectivity index (χ0) is 17.3. The maximum atomic E-state index is 8.49. The van der Waals surface area contributed by atoms with Gasteiger partial charge in [0.15, 0.2) is 0 Å². The summed E-state index contributed by atoms with van der Waals surface area (Å²) >= 11 is 1.78. The third kappa shape index (κ3) is 3.57. The highest BCUT2D eigenvalue weighted by Gasteiger charge is 2.14. The predicted molar refractivity (Wildman–Crippen MR) is 82.1 cm³/mol. The summed E-state index contributed by atoms with van der Waals surface area (Å²) in [5.41, 5.74) is 2.36. The minimum Gasteiger partial charge on any atom is -0.497 e. The number of H-pyrrole nitrogens is 1. The van der Waals surface area contributed by atoms with E-state index in [0.29, 0.717) is 0 Å². The van der Waals surface area contributed by atoms with Crippen LogP contribution in [0.3, 0.4) is 0 Å². The van der Waals surface area contributed by atoms with Crippen LogP contribution in [-0.2, 0) is 0 Å². The third-order valence-electron chi connectivity index (χ3n) is 3.51. The molecule has 0 spiro atoms. The van der Waals surface area contributed by atoms with Gasteiger partial charge in [0.05, 0.1) is 23.4 Å². The van der Waals surface area contributed by atoms with Crippen LogP contribution in [-0.4, -0.2) is 12.1 Å². The molecule has 124 valence electrons. The quantitative estimate of drug-likeness (QED) is 0.479. The topological polar surface area (TPSA) is 117 Å². The van der Waals surface area contributed by atoms with Gasteiger partial charge in [-0.1, -0.05) is 12.1 Å². The van der Waals surface area contributed by atoms with E-state index in [-0.39, 0.29) is 0 Å². The number of hydrogen-bond donors (Lipinski definition) is 1. The Morgan fingerprint density at radius 1 is 0.958 bits per heavy atom. The molecule has 0 unspecified atom stereocenters. The van der Waals surface area contributed by atoms with Gasteiger partial charge >= 0.3 is 0 Å². The van der Waals surface area contributed by atoms with Gasteiger partial charge in [-0.2, -0.15) is 0 Å². The van der Waals surface area contributed by atoms with Crippen LogP contribution in [0.15, 0.2) is 47.8 Å². The van der Waals surface area contributed by atoms with E-state index in [4.69, 9.17) is 23.4 Å². The molecule has 4 aromatic rings. The Labute approximate surface area is 142 Å². The summed E-state index contributed by atoms with van der Waals surface area (Å²) in [6.45, 7) is 0. The Balaban J connectivity index is 0.000000300. The minimum absolute atomic E-state index is 0.895. The average molecular weight is 366 g/mol. The van der Waals surface area contributed by atoms with Crippen LogP contribution < -0.4 is 23.4 Å². The van der Waals surface area contributed by atoms with E-state index < -0.39 is 10.2 Å². The van der Waals surface area contributed by atoms with E-state index >= 15 is 0 Å². The molecular formula is C16H12ClNO5S. The van der Waals surface area contributed by atoms with Crippen LogP contribution in [0.25, 0.3) is 31.9 Å². The average Bonchev–Trinajstić information content (AvgIpc) is 2.91. The summed E-state index contributed by atoms with van der Waals surface area (Å²) in [6.07, 6.45) is 0. The number of fused-ring (bicyclic) bond motifs is 5. The van der Waals surface area contributed by atoms with Gasteiger partial charge in [0.25, 0.3) is 0 Å². The molecule has 4 rings (SSSR count). The molecule has 0 aliphatic rings. The first-order valence-corrected chi connectivity index (χ1v) is 8.89. The largest absolute Gasteiger partial charge is 0.497 e. The summed E-state index contributed by atoms with van der Waals surface area (Å²) in [5.74, 6) is 0.895. The molecule has 0 bridgehead atoms. The maximum Gasteiger partial charge on any atom is 0.240 e. The fraction of sp³-hybridized carbons (Fsp3) is 0.0625. The normalized spacial score (nSPS) is 11.5. The number of rotatable bonds is 1. The smallest absolute Gasteiger partial charge is 0.240 e. The Kier molecular flexibility index (Phi) is 4.55. The van der Waals surface area contributed by atoms with Crippen molar-refractivity contribution in [1.29, 1.82) is 0 Å². The number of nitrogens with one attached hydrogen (secondary N) is 1. The number of halogens is 1. The Hall–Kier alpha value is -2.00. The molecule has 2 heterocycles. The summed E-state index contributed by atoms with van der Waals surface area (Å²) in [4.78, 5) is 3.52. The molecule has 0 aliphatic carbocycles. The van der Waals surface area contributed by atoms with E-state index in [1.54, 1.807) is 18.4 Å². The maximum absolute atomic E-state index is 8.49. The first-order valence-electron chi connectivity index (χ1n) is 6.77. The van der Waals surface area contributed by atoms with Gasteiger partial charge in [0.2, 0.25) is 21.4 Å². The summed E-state index contributed by atoms with van der Waals surface area (Å²) in [7, 11) is -3.24. The van der Waals surface area contributed by atoms with Crippen molar-refractivity contribution in [1.82, 2.24) is 4.98 Å². The van der Waals surface area contributed by atoms with Gasteiger partial charge in [-0.25, -0.2) is 18.6 Å². The van der Waals surface area contributed by atoms with Crippen LogP contribution >= 0.6 is 11.3 Å². The molecule has 0 fully saturated rings. The molecule has 0 saturated heterocycles. The number of methoxy groups -OCH3 is 1. The Bertz CT molecular complexity index is 1010. The molecule has 6 nitrogen and oxygen atoms in total. The van der Waals surface area contributed by atoms with Crippen molar-refractivity contribution in [3.8, 4) is 5.75 Å². The first-order chi connectivity index (χ1) is 11.4. The molecule has 0 amide bonds. The molecule has 2 aromatic carbocycles. The van der Waals surface area contributed by atoms with Crippen molar-refractivity contribution < 1.29 is 33.6 Å². The molecule has 24 heavy (non-hydrogen) atoms. The second-order valence-corrected chi connectivity index (χ2v) is 6.60. The van der Waals surface area contributed by atoms with Crippen LogP contribution in [0.4, 0.5) is 0 Å². The molecule has 8 heteroatoms. The molecule has 0 aliphatic heterocycles. The molecule has 2 aromatic heterocycles. The number of benzene rings is 2. The Morgan fingerprint density at radius 2 is 1.67 bits per heavy atom. The van der Waals surface area contributed by atoms with Gasteiger partial charge in [-0.05, 0) is 24.3 Å². The van der Waals surface area contributed by atoms with E-state index in [9.17, 15) is 0 Å². The van der Waals surface area contributed by atoms with Crippen molar-refractivity contribution in [2.24, 2.45) is 0 Å². The van der Waals surface area contributed by atoms with Crippen molar-refractivity contribution in [2.75, 3.05) is 7.11 Å². The standard InChI is InChI=1S/C16H12NOS.ClHO4/c1-18-10-6-7-14-12(8-10)13-9-19-15-5-3-2-4-11(15)16(13)17-14;2-1(3,4)5/h2-9,17H,1H3;(H,2,3,4,5)/q+1;/p-1. The highest BCUT2D eigenvalue weighted by Crippen LogP contribution is 2.34. The second-order valence-electron chi connectivity index (χ2n) is 4.94. The third-order valence-corrected chi connectivity index (χ3v) is 4.47. The van der Waals surface area contributed by atoms with Gasteiger partial charge in [-0.3, -0.25) is 0 Å². The van der Waals surface area contributed by atoms with Crippen LogP contribution in [0.5, 0.6) is 5.75 Å². The van der Waals surface area contributed by atoms with E-state index in [2.05, 4.69) is 46.8 Å². The zero-order valence-electron chi connectivity index (χ0n) is 12.4. The van der Waals surface area contributed by atoms with Gasteiger partial charge < -0.3 is 9.72 Å². The van der Waals surface area contributed by atoms with E-state index in [0.717, 1.165) is 11.3 Å². The van der Waals surface area contributed by atoms with Crippen LogP contribution in [0, 0.1) is 10.2 Å². The van der Waals surface area contributed by atoms with E-state index in [1.165, 1.54) is 26.4 Å². The Morgan fingerprint density at radius 3 is 2.38 bits per heavy atom. The summed E-state index contributed by atoms with van der Waals surface area (Å²) in [6, 6.07) is 14.6. The fourth-order valence-corrected chi connectivity index (χ4v) is 3.50. The monoisotopic (exact) mass is 365 g/mol. The number of aromatic nitrogens is 1. The lowest BCUT2D eigenvalue weighted by atomic mass is 10.1. The summed E-state index contributed by atoms with van der Waals surface area (Å²) < 4.78 is 40.6. The van der Waals surface area contributed by atoms with Crippen molar-refractivity contribution in [3.63, 3.8) is 0 Å².